The van der Waals surface area contributed by atoms with E-state index in [4.69, 9.17) is 21.1 Å². The molecule has 28 heavy (non-hydrogen) atoms. The van der Waals surface area contributed by atoms with Crippen LogP contribution in [0.15, 0.2) is 48.5 Å². The summed E-state index contributed by atoms with van der Waals surface area (Å²) >= 11 is 5.88. The molecule has 0 unspecified atom stereocenters. The Morgan fingerprint density at radius 2 is 1.93 bits per heavy atom. The number of hydrogen-bond acceptors (Lipinski definition) is 6. The topological polar surface area (TPSA) is 108 Å². The van der Waals surface area contributed by atoms with E-state index in [0.717, 1.165) is 17.4 Å². The Kier molecular flexibility index (Phi) is 7.53. The van der Waals surface area contributed by atoms with Crippen LogP contribution in [0, 0.1) is 10.1 Å². The monoisotopic (exact) mass is 404 g/mol. The van der Waals surface area contributed by atoms with E-state index < -0.39 is 23.4 Å². The Bertz CT molecular complexity index is 896. The van der Waals surface area contributed by atoms with Crippen LogP contribution in [0.25, 0.3) is 6.08 Å². The van der Waals surface area contributed by atoms with Crippen LogP contribution in [0.2, 0.25) is 5.02 Å². The lowest BCUT2D eigenvalue weighted by atomic mass is 10.2. The van der Waals surface area contributed by atoms with E-state index in [0.29, 0.717) is 6.61 Å². The third-order valence-electron chi connectivity index (χ3n) is 3.39. The number of nitrogens with zero attached hydrogens (tertiary/aromatic N) is 1. The fourth-order valence-corrected chi connectivity index (χ4v) is 2.32. The number of esters is 1. The van der Waals surface area contributed by atoms with Gasteiger partial charge in [-0.1, -0.05) is 23.7 Å². The lowest BCUT2D eigenvalue weighted by Crippen LogP contribution is -2.20. The molecule has 2 rings (SSSR count). The number of benzene rings is 2. The molecule has 0 fully saturated rings. The Morgan fingerprint density at radius 1 is 1.21 bits per heavy atom. The lowest BCUT2D eigenvalue weighted by molar-refractivity contribution is -0.384. The molecule has 0 saturated carbocycles. The normalized spacial score (nSPS) is 10.5. The summed E-state index contributed by atoms with van der Waals surface area (Å²) < 4.78 is 10.2. The van der Waals surface area contributed by atoms with Gasteiger partial charge in [0.15, 0.2) is 6.61 Å². The van der Waals surface area contributed by atoms with Gasteiger partial charge >= 0.3 is 5.97 Å². The van der Waals surface area contributed by atoms with Crippen molar-refractivity contribution in [2.45, 2.75) is 6.92 Å². The van der Waals surface area contributed by atoms with Gasteiger partial charge in [-0.3, -0.25) is 14.9 Å². The first-order valence-electron chi connectivity index (χ1n) is 8.20. The highest BCUT2D eigenvalue weighted by Crippen LogP contribution is 2.26. The number of halogens is 1. The Labute approximate surface area is 165 Å². The number of hydrogen-bond donors (Lipinski definition) is 1. The second-order valence-corrected chi connectivity index (χ2v) is 5.82. The minimum Gasteiger partial charge on any atom is -0.494 e. The zero-order valence-corrected chi connectivity index (χ0v) is 15.6. The van der Waals surface area contributed by atoms with Crippen molar-refractivity contribution in [2.75, 3.05) is 18.5 Å². The average Bonchev–Trinajstić information content (AvgIpc) is 2.67. The number of non-ortho nitro benzene ring substituents is 1. The van der Waals surface area contributed by atoms with Gasteiger partial charge in [-0.05, 0) is 36.8 Å². The first-order valence-corrected chi connectivity index (χ1v) is 8.58. The minimum absolute atomic E-state index is 0.00396. The standard InChI is InChI=1S/C19H17ClN2O6/c1-2-27-15-7-3-13(4-8-15)5-10-19(24)28-12-18(23)21-17-9-6-14(22(25)26)11-16(17)20/h3-11H,2,12H2,1H3,(H,21,23)/b10-5+. The fourth-order valence-electron chi connectivity index (χ4n) is 2.10. The summed E-state index contributed by atoms with van der Waals surface area (Å²) in [7, 11) is 0. The number of carbonyl (C=O) groups is 2. The average molecular weight is 405 g/mol. The van der Waals surface area contributed by atoms with Crippen LogP contribution in [0.3, 0.4) is 0 Å². The van der Waals surface area contributed by atoms with Crippen LogP contribution >= 0.6 is 11.6 Å². The number of carbonyl (C=O) groups excluding carboxylic acids is 2. The second-order valence-electron chi connectivity index (χ2n) is 5.41. The van der Waals surface area contributed by atoms with Gasteiger partial charge in [-0.25, -0.2) is 4.79 Å². The molecular weight excluding hydrogens is 388 g/mol. The van der Waals surface area contributed by atoms with E-state index in [1.807, 2.05) is 6.92 Å². The highest BCUT2D eigenvalue weighted by molar-refractivity contribution is 6.34. The number of rotatable bonds is 8. The third kappa shape index (κ3) is 6.40. The molecule has 0 saturated heterocycles. The van der Waals surface area contributed by atoms with E-state index in [9.17, 15) is 19.7 Å². The maximum Gasteiger partial charge on any atom is 0.331 e. The molecule has 0 aromatic heterocycles. The van der Waals surface area contributed by atoms with Crippen molar-refractivity contribution in [2.24, 2.45) is 0 Å². The molecule has 1 N–H and O–H groups in total. The smallest absolute Gasteiger partial charge is 0.331 e. The Balaban J connectivity index is 1.83. The van der Waals surface area contributed by atoms with Crippen LogP contribution in [0.1, 0.15) is 12.5 Å². The lowest BCUT2D eigenvalue weighted by Gasteiger charge is -2.07. The molecule has 2 aromatic carbocycles. The van der Waals surface area contributed by atoms with E-state index in [1.54, 1.807) is 30.3 Å². The van der Waals surface area contributed by atoms with Crippen molar-refractivity contribution >= 4 is 40.9 Å². The number of ether oxygens (including phenoxy) is 2. The van der Waals surface area contributed by atoms with Gasteiger partial charge in [-0.2, -0.15) is 0 Å². The molecule has 0 aliphatic heterocycles. The molecule has 0 bridgehead atoms. The molecule has 0 radical (unpaired) electrons. The largest absolute Gasteiger partial charge is 0.494 e. The highest BCUT2D eigenvalue weighted by atomic mass is 35.5. The molecule has 9 heteroatoms. The van der Waals surface area contributed by atoms with E-state index in [1.165, 1.54) is 18.2 Å². The number of nitrogens with one attached hydrogen (secondary N) is 1. The number of nitro benzene ring substituents is 1. The quantitative estimate of drug-likeness (QED) is 0.310. The van der Waals surface area contributed by atoms with Crippen LogP contribution in [0.5, 0.6) is 5.75 Å². The third-order valence-corrected chi connectivity index (χ3v) is 3.70. The molecule has 0 aliphatic carbocycles. The van der Waals surface area contributed by atoms with Crippen molar-refractivity contribution in [3.8, 4) is 5.75 Å². The van der Waals surface area contributed by atoms with Gasteiger partial charge in [0.2, 0.25) is 0 Å². The van der Waals surface area contributed by atoms with Crippen LogP contribution in [-0.2, 0) is 14.3 Å². The summed E-state index contributed by atoms with van der Waals surface area (Å²) in [6.07, 6.45) is 2.74. The molecule has 0 atom stereocenters. The van der Waals surface area contributed by atoms with Crippen LogP contribution in [0.4, 0.5) is 11.4 Å². The van der Waals surface area contributed by atoms with Crippen molar-refractivity contribution in [1.29, 1.82) is 0 Å². The summed E-state index contributed by atoms with van der Waals surface area (Å²) in [6.45, 7) is 1.92. The van der Waals surface area contributed by atoms with E-state index >= 15 is 0 Å². The zero-order chi connectivity index (χ0) is 20.5. The number of nitro groups is 1. The molecule has 0 spiro atoms. The van der Waals surface area contributed by atoms with Gasteiger partial charge in [0, 0.05) is 18.2 Å². The summed E-state index contributed by atoms with van der Waals surface area (Å²) in [5.74, 6) is -0.596. The maximum atomic E-state index is 11.8. The van der Waals surface area contributed by atoms with Gasteiger partial charge in [-0.15, -0.1) is 0 Å². The summed E-state index contributed by atoms with van der Waals surface area (Å²) in [4.78, 5) is 33.6. The zero-order valence-electron chi connectivity index (χ0n) is 14.9. The first kappa shape index (κ1) is 20.9. The SMILES string of the molecule is CCOc1ccc(/C=C/C(=O)OCC(=O)Nc2ccc([N+](=O)[O-])cc2Cl)cc1. The van der Waals surface area contributed by atoms with Crippen molar-refractivity contribution in [3.63, 3.8) is 0 Å². The van der Waals surface area contributed by atoms with E-state index in [2.05, 4.69) is 5.32 Å². The summed E-state index contributed by atoms with van der Waals surface area (Å²) in [5.41, 5.74) is 0.745. The Hall–Kier alpha value is -3.39. The highest BCUT2D eigenvalue weighted by Gasteiger charge is 2.12. The van der Waals surface area contributed by atoms with Crippen LogP contribution in [-0.4, -0.2) is 30.0 Å². The molecule has 0 heterocycles. The fraction of sp³-hybridized carbons (Fsp3) is 0.158. The molecule has 2 aromatic rings. The predicted octanol–water partition coefficient (Wildman–Crippen LogP) is 3.84. The van der Waals surface area contributed by atoms with Gasteiger partial charge in [0.05, 0.1) is 22.2 Å². The molecule has 146 valence electrons. The molecule has 8 nitrogen and oxygen atoms in total. The van der Waals surface area contributed by atoms with E-state index in [-0.39, 0.29) is 16.4 Å². The van der Waals surface area contributed by atoms with Crippen molar-refractivity contribution < 1.29 is 24.0 Å². The first-order chi connectivity index (χ1) is 13.4. The van der Waals surface area contributed by atoms with Crippen molar-refractivity contribution in [3.05, 3.63) is 69.2 Å². The van der Waals surface area contributed by atoms with Gasteiger partial charge in [0.25, 0.3) is 11.6 Å². The maximum absolute atomic E-state index is 11.8. The number of amides is 1. The van der Waals surface area contributed by atoms with Gasteiger partial charge < -0.3 is 14.8 Å². The molecular formula is C19H17ClN2O6. The summed E-state index contributed by atoms with van der Waals surface area (Å²) in [5, 5.41) is 13.1. The predicted molar refractivity (Wildman–Crippen MR) is 104 cm³/mol. The molecule has 0 aliphatic rings. The van der Waals surface area contributed by atoms with Crippen molar-refractivity contribution in [1.82, 2.24) is 0 Å². The number of anilines is 1. The Morgan fingerprint density at radius 3 is 2.54 bits per heavy atom. The van der Waals surface area contributed by atoms with Crippen LogP contribution < -0.4 is 10.1 Å². The second kappa shape index (κ2) is 10.1. The minimum atomic E-state index is -0.696. The molecule has 1 amide bonds. The van der Waals surface area contributed by atoms with Gasteiger partial charge in [0.1, 0.15) is 5.75 Å². The summed E-state index contributed by atoms with van der Waals surface area (Å²) in [6, 6.07) is 10.7.